The average molecular weight is 266 g/mol. The molecule has 1 saturated carbocycles. The Kier molecular flexibility index (Phi) is 4.94. The van der Waals surface area contributed by atoms with Gasteiger partial charge in [-0.1, -0.05) is 34.6 Å². The molecule has 1 saturated heterocycles. The lowest BCUT2D eigenvalue weighted by molar-refractivity contribution is 0.0655. The molecular formula is C17H34N2. The minimum atomic E-state index is 0.492. The Bertz CT molecular complexity index is 267. The Balaban J connectivity index is 1.82. The summed E-state index contributed by atoms with van der Waals surface area (Å²) >= 11 is 0. The predicted molar refractivity (Wildman–Crippen MR) is 83.4 cm³/mol. The van der Waals surface area contributed by atoms with Crippen LogP contribution in [-0.4, -0.2) is 36.6 Å². The third kappa shape index (κ3) is 4.46. The summed E-state index contributed by atoms with van der Waals surface area (Å²) < 4.78 is 0. The van der Waals surface area contributed by atoms with E-state index in [4.69, 9.17) is 0 Å². The lowest BCUT2D eigenvalue weighted by Gasteiger charge is -2.43. The summed E-state index contributed by atoms with van der Waals surface area (Å²) in [5.41, 5.74) is 0.492. The average Bonchev–Trinajstić information content (AvgIpc) is 3.12. The first-order valence-corrected chi connectivity index (χ1v) is 8.35. The van der Waals surface area contributed by atoms with Crippen LogP contribution in [0, 0.1) is 17.3 Å². The van der Waals surface area contributed by atoms with Gasteiger partial charge in [-0.25, -0.2) is 0 Å². The molecule has 1 unspecified atom stereocenters. The molecule has 2 rings (SSSR count). The fourth-order valence-corrected chi connectivity index (χ4v) is 3.46. The first-order chi connectivity index (χ1) is 8.88. The van der Waals surface area contributed by atoms with Crippen molar-refractivity contribution >= 4 is 0 Å². The van der Waals surface area contributed by atoms with Gasteiger partial charge in [0.05, 0.1) is 0 Å². The molecular weight excluding hydrogens is 232 g/mol. The van der Waals surface area contributed by atoms with Gasteiger partial charge in [0.25, 0.3) is 0 Å². The largest absolute Gasteiger partial charge is 0.312 e. The zero-order valence-electron chi connectivity index (χ0n) is 13.7. The second-order valence-electron chi connectivity index (χ2n) is 8.17. The summed E-state index contributed by atoms with van der Waals surface area (Å²) in [7, 11) is 0. The fraction of sp³-hybridized carbons (Fsp3) is 1.00. The van der Waals surface area contributed by atoms with Crippen molar-refractivity contribution in [3.05, 3.63) is 0 Å². The summed E-state index contributed by atoms with van der Waals surface area (Å²) in [4.78, 5) is 2.75. The first kappa shape index (κ1) is 15.3. The van der Waals surface area contributed by atoms with Gasteiger partial charge in [-0.05, 0) is 56.0 Å². The fourth-order valence-electron chi connectivity index (χ4n) is 3.46. The van der Waals surface area contributed by atoms with Gasteiger partial charge in [0.15, 0.2) is 0 Å². The second kappa shape index (κ2) is 6.13. The van der Waals surface area contributed by atoms with Gasteiger partial charge in [0.1, 0.15) is 0 Å². The minimum Gasteiger partial charge on any atom is -0.312 e. The highest BCUT2D eigenvalue weighted by atomic mass is 15.2. The summed E-state index contributed by atoms with van der Waals surface area (Å²) in [5.74, 6) is 1.67. The third-order valence-electron chi connectivity index (χ3n) is 5.19. The van der Waals surface area contributed by atoms with E-state index in [9.17, 15) is 0 Å². The van der Waals surface area contributed by atoms with E-state index >= 15 is 0 Å². The van der Waals surface area contributed by atoms with Gasteiger partial charge in [0, 0.05) is 18.6 Å². The lowest BCUT2D eigenvalue weighted by atomic mass is 9.75. The van der Waals surface area contributed by atoms with Gasteiger partial charge < -0.3 is 5.32 Å². The van der Waals surface area contributed by atoms with E-state index in [-0.39, 0.29) is 0 Å². The van der Waals surface area contributed by atoms with Gasteiger partial charge in [-0.2, -0.15) is 0 Å². The zero-order valence-corrected chi connectivity index (χ0v) is 13.7. The Labute approximate surface area is 120 Å². The highest BCUT2D eigenvalue weighted by Crippen LogP contribution is 2.35. The van der Waals surface area contributed by atoms with Crippen molar-refractivity contribution < 1.29 is 0 Å². The van der Waals surface area contributed by atoms with E-state index in [1.54, 1.807) is 0 Å². The molecule has 1 heterocycles. The monoisotopic (exact) mass is 266 g/mol. The molecule has 2 nitrogen and oxygen atoms in total. The molecule has 2 heteroatoms. The normalized spacial score (nSPS) is 24.9. The first-order valence-electron chi connectivity index (χ1n) is 8.35. The number of nitrogens with zero attached hydrogens (tertiary/aromatic N) is 1. The van der Waals surface area contributed by atoms with E-state index in [0.717, 1.165) is 23.9 Å². The van der Waals surface area contributed by atoms with Crippen LogP contribution < -0.4 is 5.32 Å². The number of likely N-dealkylation sites (tertiary alicyclic amines) is 1. The van der Waals surface area contributed by atoms with Crippen molar-refractivity contribution in [2.45, 2.75) is 72.4 Å². The van der Waals surface area contributed by atoms with Crippen molar-refractivity contribution in [3.8, 4) is 0 Å². The molecule has 0 amide bonds. The number of rotatable bonds is 5. The van der Waals surface area contributed by atoms with Gasteiger partial charge >= 0.3 is 0 Å². The van der Waals surface area contributed by atoms with Crippen molar-refractivity contribution in [1.29, 1.82) is 0 Å². The van der Waals surface area contributed by atoms with Crippen LogP contribution in [0.25, 0.3) is 0 Å². The molecule has 112 valence electrons. The van der Waals surface area contributed by atoms with Crippen LogP contribution in [0.15, 0.2) is 0 Å². The number of nitrogens with one attached hydrogen (secondary N) is 1. The quantitative estimate of drug-likeness (QED) is 0.819. The molecule has 1 aliphatic heterocycles. The molecule has 0 radical (unpaired) electrons. The maximum atomic E-state index is 3.74. The van der Waals surface area contributed by atoms with Crippen molar-refractivity contribution in [2.24, 2.45) is 17.3 Å². The maximum absolute atomic E-state index is 3.74. The standard InChI is InChI=1S/C17H34N2/c1-13(2)16(12-18-15-6-7-15)19-10-8-14(9-11-19)17(3,4)5/h13-16,18H,6-12H2,1-5H3. The van der Waals surface area contributed by atoms with E-state index in [2.05, 4.69) is 44.8 Å². The molecule has 1 aliphatic carbocycles. The highest BCUT2D eigenvalue weighted by molar-refractivity contribution is 4.88. The molecule has 0 aromatic heterocycles. The predicted octanol–water partition coefficient (Wildman–Crippen LogP) is 3.52. The molecule has 1 N–H and O–H groups in total. The van der Waals surface area contributed by atoms with Crippen LogP contribution in [0.5, 0.6) is 0 Å². The Morgan fingerprint density at radius 2 is 1.63 bits per heavy atom. The van der Waals surface area contributed by atoms with Crippen LogP contribution in [0.1, 0.15) is 60.3 Å². The molecule has 1 atom stereocenters. The van der Waals surface area contributed by atoms with E-state index in [1.165, 1.54) is 45.3 Å². The highest BCUT2D eigenvalue weighted by Gasteiger charge is 2.32. The molecule has 0 aromatic carbocycles. The summed E-state index contributed by atoms with van der Waals surface area (Å²) in [6, 6.07) is 1.58. The molecule has 2 fully saturated rings. The Hall–Kier alpha value is -0.0800. The van der Waals surface area contributed by atoms with Gasteiger partial charge in [0.2, 0.25) is 0 Å². The van der Waals surface area contributed by atoms with Crippen molar-refractivity contribution in [2.75, 3.05) is 19.6 Å². The minimum absolute atomic E-state index is 0.492. The lowest BCUT2D eigenvalue weighted by Crippen LogP contribution is -2.50. The SMILES string of the molecule is CC(C)C(CNC1CC1)N1CCC(C(C)(C)C)CC1. The Morgan fingerprint density at radius 1 is 1.05 bits per heavy atom. The molecule has 0 spiro atoms. The molecule has 0 bridgehead atoms. The summed E-state index contributed by atoms with van der Waals surface area (Å²) in [6.07, 6.45) is 5.57. The molecule has 19 heavy (non-hydrogen) atoms. The van der Waals surface area contributed by atoms with Gasteiger partial charge in [-0.3, -0.25) is 4.90 Å². The third-order valence-corrected chi connectivity index (χ3v) is 5.19. The smallest absolute Gasteiger partial charge is 0.0243 e. The zero-order chi connectivity index (χ0) is 14.0. The molecule has 0 aromatic rings. The second-order valence-corrected chi connectivity index (χ2v) is 8.17. The van der Waals surface area contributed by atoms with Crippen LogP contribution in [-0.2, 0) is 0 Å². The number of piperidine rings is 1. The van der Waals surface area contributed by atoms with Crippen LogP contribution in [0.2, 0.25) is 0 Å². The Morgan fingerprint density at radius 3 is 2.05 bits per heavy atom. The maximum Gasteiger partial charge on any atom is 0.0243 e. The van der Waals surface area contributed by atoms with Gasteiger partial charge in [-0.15, -0.1) is 0 Å². The van der Waals surface area contributed by atoms with E-state index in [0.29, 0.717) is 5.41 Å². The van der Waals surface area contributed by atoms with Crippen molar-refractivity contribution in [1.82, 2.24) is 10.2 Å². The summed E-state index contributed by atoms with van der Waals surface area (Å²) in [5, 5.41) is 3.74. The number of hydrogen-bond donors (Lipinski definition) is 1. The number of hydrogen-bond acceptors (Lipinski definition) is 2. The summed E-state index contributed by atoms with van der Waals surface area (Å²) in [6.45, 7) is 15.8. The van der Waals surface area contributed by atoms with E-state index < -0.39 is 0 Å². The van der Waals surface area contributed by atoms with E-state index in [1.807, 2.05) is 0 Å². The van der Waals surface area contributed by atoms with Crippen LogP contribution in [0.4, 0.5) is 0 Å². The van der Waals surface area contributed by atoms with Crippen LogP contribution >= 0.6 is 0 Å². The van der Waals surface area contributed by atoms with Crippen LogP contribution in [0.3, 0.4) is 0 Å². The molecule has 2 aliphatic rings. The topological polar surface area (TPSA) is 15.3 Å². The van der Waals surface area contributed by atoms with Crippen molar-refractivity contribution in [3.63, 3.8) is 0 Å².